The predicted molar refractivity (Wildman–Crippen MR) is 105 cm³/mol. The van der Waals surface area contributed by atoms with E-state index >= 15 is 0 Å². The van der Waals surface area contributed by atoms with E-state index in [1.54, 1.807) is 0 Å². The molecular formula is C22H24N2O3. The molecule has 1 fully saturated rings. The van der Waals surface area contributed by atoms with Gasteiger partial charge in [0.2, 0.25) is 0 Å². The number of rotatable bonds is 4. The number of oxazole rings is 1. The molecule has 4 rings (SSSR count). The molecule has 1 aliphatic rings. The number of ether oxygens (including phenoxy) is 1. The zero-order valence-corrected chi connectivity index (χ0v) is 15.8. The van der Waals surface area contributed by atoms with E-state index in [1.165, 1.54) is 11.1 Å². The number of hydrogen-bond acceptors (Lipinski definition) is 5. The Morgan fingerprint density at radius 1 is 1.19 bits per heavy atom. The molecule has 5 heteroatoms. The van der Waals surface area contributed by atoms with Gasteiger partial charge < -0.3 is 14.1 Å². The van der Waals surface area contributed by atoms with Gasteiger partial charge in [0, 0.05) is 6.54 Å². The lowest BCUT2D eigenvalue weighted by molar-refractivity contribution is -0.147. The highest BCUT2D eigenvalue weighted by Crippen LogP contribution is 2.29. The van der Waals surface area contributed by atoms with Crippen molar-refractivity contribution in [2.24, 2.45) is 0 Å². The molecule has 1 atom stereocenters. The van der Waals surface area contributed by atoms with Crippen molar-refractivity contribution in [3.8, 4) is 0 Å². The standard InChI is InChI=1S/C22H24N2O3/c1-15-12-18-20(13-16(15)2)27-22(23-18)24-11-7-6-10-19(24)21(25)26-14-17-8-4-3-5-9-17/h3-5,8-9,12-13,19H,6-7,10-11,14H2,1-2H3/t19-/m0/s1. The minimum atomic E-state index is -0.349. The molecule has 2 aromatic carbocycles. The largest absolute Gasteiger partial charge is 0.459 e. The zero-order chi connectivity index (χ0) is 18.8. The molecule has 3 aromatic rings. The smallest absolute Gasteiger partial charge is 0.329 e. The first kappa shape index (κ1) is 17.6. The number of piperidine rings is 1. The summed E-state index contributed by atoms with van der Waals surface area (Å²) < 4.78 is 11.6. The number of nitrogens with zero attached hydrogens (tertiary/aromatic N) is 2. The van der Waals surface area contributed by atoms with Crippen LogP contribution in [0, 0.1) is 13.8 Å². The molecule has 1 saturated heterocycles. The molecule has 1 aliphatic heterocycles. The fourth-order valence-electron chi connectivity index (χ4n) is 3.52. The van der Waals surface area contributed by atoms with Gasteiger partial charge in [-0.1, -0.05) is 30.3 Å². The number of benzene rings is 2. The number of esters is 1. The monoisotopic (exact) mass is 364 g/mol. The van der Waals surface area contributed by atoms with Gasteiger partial charge in [-0.15, -0.1) is 0 Å². The molecule has 0 radical (unpaired) electrons. The minimum absolute atomic E-state index is 0.215. The number of aryl methyl sites for hydroxylation is 2. The van der Waals surface area contributed by atoms with Gasteiger partial charge in [0.15, 0.2) is 5.58 Å². The quantitative estimate of drug-likeness (QED) is 0.636. The maximum absolute atomic E-state index is 12.7. The molecule has 0 amide bonds. The molecule has 0 saturated carbocycles. The average molecular weight is 364 g/mol. The Labute approximate surface area is 158 Å². The van der Waals surface area contributed by atoms with Crippen molar-refractivity contribution in [3.05, 3.63) is 59.2 Å². The van der Waals surface area contributed by atoms with Gasteiger partial charge in [-0.05, 0) is 61.9 Å². The van der Waals surface area contributed by atoms with Gasteiger partial charge in [0.1, 0.15) is 18.2 Å². The van der Waals surface area contributed by atoms with Crippen LogP contribution >= 0.6 is 0 Å². The second-order valence-corrected chi connectivity index (χ2v) is 7.20. The molecule has 0 unspecified atom stereocenters. The van der Waals surface area contributed by atoms with Crippen LogP contribution in [-0.2, 0) is 16.1 Å². The topological polar surface area (TPSA) is 55.6 Å². The molecule has 27 heavy (non-hydrogen) atoms. The van der Waals surface area contributed by atoms with E-state index in [0.717, 1.165) is 42.5 Å². The fourth-order valence-corrected chi connectivity index (χ4v) is 3.52. The first-order chi connectivity index (χ1) is 13.1. The third-order valence-electron chi connectivity index (χ3n) is 5.24. The van der Waals surface area contributed by atoms with E-state index in [4.69, 9.17) is 9.15 Å². The van der Waals surface area contributed by atoms with E-state index < -0.39 is 0 Å². The second kappa shape index (κ2) is 7.43. The van der Waals surface area contributed by atoms with Crippen LogP contribution < -0.4 is 4.90 Å². The van der Waals surface area contributed by atoms with Gasteiger partial charge >= 0.3 is 5.97 Å². The third kappa shape index (κ3) is 3.68. The normalized spacial score (nSPS) is 17.3. The second-order valence-electron chi connectivity index (χ2n) is 7.20. The van der Waals surface area contributed by atoms with Crippen molar-refractivity contribution in [2.75, 3.05) is 11.4 Å². The molecule has 0 spiro atoms. The van der Waals surface area contributed by atoms with Crippen molar-refractivity contribution in [1.29, 1.82) is 0 Å². The molecule has 140 valence electrons. The number of aromatic nitrogens is 1. The molecule has 5 nitrogen and oxygen atoms in total. The molecule has 2 heterocycles. The van der Waals surface area contributed by atoms with E-state index in [9.17, 15) is 4.79 Å². The van der Waals surface area contributed by atoms with Crippen molar-refractivity contribution in [3.63, 3.8) is 0 Å². The summed E-state index contributed by atoms with van der Waals surface area (Å²) in [4.78, 5) is 19.3. The summed E-state index contributed by atoms with van der Waals surface area (Å²) in [5.41, 5.74) is 4.92. The predicted octanol–water partition coefficient (Wildman–Crippen LogP) is 4.55. The van der Waals surface area contributed by atoms with E-state index in [2.05, 4.69) is 18.8 Å². The van der Waals surface area contributed by atoms with Crippen molar-refractivity contribution in [2.45, 2.75) is 45.8 Å². The minimum Gasteiger partial charge on any atom is -0.459 e. The lowest BCUT2D eigenvalue weighted by Gasteiger charge is -2.32. The Morgan fingerprint density at radius 3 is 2.78 bits per heavy atom. The summed E-state index contributed by atoms with van der Waals surface area (Å²) in [7, 11) is 0. The number of carbonyl (C=O) groups excluding carboxylic acids is 1. The Bertz CT molecular complexity index is 910. The van der Waals surface area contributed by atoms with Crippen molar-refractivity contribution in [1.82, 2.24) is 4.98 Å². The summed E-state index contributed by atoms with van der Waals surface area (Å²) >= 11 is 0. The van der Waals surface area contributed by atoms with Gasteiger partial charge in [-0.25, -0.2) is 4.79 Å². The van der Waals surface area contributed by atoms with Crippen LogP contribution in [0.5, 0.6) is 0 Å². The summed E-state index contributed by atoms with van der Waals surface area (Å²) in [5.74, 6) is -0.215. The highest BCUT2D eigenvalue weighted by Gasteiger charge is 2.33. The van der Waals surface area contributed by atoms with Gasteiger partial charge in [0.05, 0.1) is 0 Å². The highest BCUT2D eigenvalue weighted by atomic mass is 16.5. The van der Waals surface area contributed by atoms with Crippen molar-refractivity contribution < 1.29 is 13.9 Å². The van der Waals surface area contributed by atoms with Crippen LogP contribution in [0.15, 0.2) is 46.9 Å². The van der Waals surface area contributed by atoms with Crippen LogP contribution in [0.2, 0.25) is 0 Å². The van der Waals surface area contributed by atoms with Crippen molar-refractivity contribution >= 4 is 23.1 Å². The summed E-state index contributed by atoms with van der Waals surface area (Å²) in [6.07, 6.45) is 2.77. The third-order valence-corrected chi connectivity index (χ3v) is 5.24. The molecule has 0 aliphatic carbocycles. The van der Waals surface area contributed by atoms with Gasteiger partial charge in [-0.3, -0.25) is 0 Å². The Hall–Kier alpha value is -2.82. The molecule has 0 bridgehead atoms. The maximum atomic E-state index is 12.7. The van der Waals surface area contributed by atoms with Crippen LogP contribution in [0.4, 0.5) is 6.01 Å². The summed E-state index contributed by atoms with van der Waals surface area (Å²) in [5, 5.41) is 0. The van der Waals surface area contributed by atoms with E-state index in [0.29, 0.717) is 6.01 Å². The highest BCUT2D eigenvalue weighted by molar-refractivity contribution is 5.81. The molecule has 0 N–H and O–H groups in total. The lowest BCUT2D eigenvalue weighted by atomic mass is 10.0. The first-order valence-corrected chi connectivity index (χ1v) is 9.47. The summed E-state index contributed by atoms with van der Waals surface area (Å²) in [6, 6.07) is 13.9. The lowest BCUT2D eigenvalue weighted by Crippen LogP contribution is -2.45. The number of fused-ring (bicyclic) bond motifs is 1. The van der Waals surface area contributed by atoms with Crippen LogP contribution in [-0.4, -0.2) is 23.5 Å². The SMILES string of the molecule is Cc1cc2nc(N3CCCC[C@H]3C(=O)OCc3ccccc3)oc2cc1C. The van der Waals surface area contributed by atoms with Gasteiger partial charge in [0.25, 0.3) is 6.01 Å². The Morgan fingerprint density at radius 2 is 1.96 bits per heavy atom. The Balaban J connectivity index is 1.54. The first-order valence-electron chi connectivity index (χ1n) is 9.47. The molecular weight excluding hydrogens is 340 g/mol. The van der Waals surface area contributed by atoms with Crippen LogP contribution in [0.25, 0.3) is 11.1 Å². The number of carbonyl (C=O) groups is 1. The summed E-state index contributed by atoms with van der Waals surface area (Å²) in [6.45, 7) is 5.15. The van der Waals surface area contributed by atoms with Gasteiger partial charge in [-0.2, -0.15) is 4.98 Å². The zero-order valence-electron chi connectivity index (χ0n) is 15.8. The molecule has 1 aromatic heterocycles. The van der Waals surface area contributed by atoms with E-state index in [-0.39, 0.29) is 18.6 Å². The van der Waals surface area contributed by atoms with Crippen LogP contribution in [0.1, 0.15) is 36.0 Å². The average Bonchev–Trinajstić information content (AvgIpc) is 3.10. The van der Waals surface area contributed by atoms with Crippen LogP contribution in [0.3, 0.4) is 0 Å². The maximum Gasteiger partial charge on any atom is 0.329 e. The van der Waals surface area contributed by atoms with E-state index in [1.807, 2.05) is 47.4 Å². The number of hydrogen-bond donors (Lipinski definition) is 0. The Kier molecular flexibility index (Phi) is 4.84. The number of anilines is 1. The fraction of sp³-hybridized carbons (Fsp3) is 0.364.